The van der Waals surface area contributed by atoms with Crippen LogP contribution < -0.4 is 5.32 Å². The molecule has 6 heteroatoms. The molecule has 71 heavy (non-hydrogen) atoms. The first-order chi connectivity index (χ1) is 35.0. The molecule has 3 N–H and O–H groups in total. The minimum atomic E-state index is -0.669. The summed E-state index contributed by atoms with van der Waals surface area (Å²) in [5, 5.41) is 23.4. The SMILES string of the molecule is CCCCCCCCCCCCCCCCCCCCCCCCC(O)C(CO)NC(=O)CCCCCCCCCCCCCCCC/C=C\C/C=C\CCOC(=O)CCCCCCCCCCCCC. The lowest BCUT2D eigenvalue weighted by Gasteiger charge is -2.22. The van der Waals surface area contributed by atoms with E-state index >= 15 is 0 Å². The van der Waals surface area contributed by atoms with Gasteiger partial charge in [-0.1, -0.05) is 321 Å². The van der Waals surface area contributed by atoms with Gasteiger partial charge in [0.05, 0.1) is 25.4 Å². The summed E-state index contributed by atoms with van der Waals surface area (Å²) in [7, 11) is 0. The molecule has 0 saturated heterocycles. The molecule has 0 aliphatic rings. The van der Waals surface area contributed by atoms with Gasteiger partial charge in [0.25, 0.3) is 0 Å². The van der Waals surface area contributed by atoms with Crippen LogP contribution in [0, 0.1) is 0 Å². The number of amides is 1. The molecule has 0 spiro atoms. The van der Waals surface area contributed by atoms with E-state index in [1.54, 1.807) is 0 Å². The highest BCUT2D eigenvalue weighted by Gasteiger charge is 2.20. The molecule has 6 nitrogen and oxygen atoms in total. The Balaban J connectivity index is 3.45. The Labute approximate surface area is 443 Å². The highest BCUT2D eigenvalue weighted by atomic mass is 16.5. The lowest BCUT2D eigenvalue weighted by Crippen LogP contribution is -2.45. The quantitative estimate of drug-likeness (QED) is 0.0320. The summed E-state index contributed by atoms with van der Waals surface area (Å²) in [6.45, 7) is 4.87. The predicted molar refractivity (Wildman–Crippen MR) is 310 cm³/mol. The zero-order valence-electron chi connectivity index (χ0n) is 48.0. The lowest BCUT2D eigenvalue weighted by atomic mass is 10.0. The van der Waals surface area contributed by atoms with Gasteiger partial charge in [-0.25, -0.2) is 0 Å². The van der Waals surface area contributed by atoms with E-state index in [1.807, 2.05) is 0 Å². The van der Waals surface area contributed by atoms with Crippen LogP contribution in [0.2, 0.25) is 0 Å². The number of rotatable bonds is 60. The van der Waals surface area contributed by atoms with E-state index in [4.69, 9.17) is 4.74 Å². The fourth-order valence-corrected chi connectivity index (χ4v) is 10.1. The van der Waals surface area contributed by atoms with Gasteiger partial charge < -0.3 is 20.3 Å². The molecule has 0 heterocycles. The van der Waals surface area contributed by atoms with Crippen molar-refractivity contribution in [1.29, 1.82) is 0 Å². The van der Waals surface area contributed by atoms with Gasteiger partial charge >= 0.3 is 5.97 Å². The predicted octanol–water partition coefficient (Wildman–Crippen LogP) is 20.2. The van der Waals surface area contributed by atoms with E-state index in [-0.39, 0.29) is 18.5 Å². The zero-order chi connectivity index (χ0) is 51.4. The van der Waals surface area contributed by atoms with Crippen molar-refractivity contribution in [2.45, 2.75) is 366 Å². The van der Waals surface area contributed by atoms with Gasteiger partial charge in [0.15, 0.2) is 0 Å². The summed E-state index contributed by atoms with van der Waals surface area (Å²) in [4.78, 5) is 24.5. The number of hydrogen-bond acceptors (Lipinski definition) is 5. The van der Waals surface area contributed by atoms with Gasteiger partial charge in [-0.15, -0.1) is 0 Å². The molecule has 0 aromatic carbocycles. The van der Waals surface area contributed by atoms with Crippen molar-refractivity contribution in [3.8, 4) is 0 Å². The monoisotopic (exact) mass is 1000 g/mol. The number of unbranched alkanes of at least 4 members (excludes halogenated alkanes) is 45. The van der Waals surface area contributed by atoms with Crippen molar-refractivity contribution in [3.05, 3.63) is 24.3 Å². The van der Waals surface area contributed by atoms with Gasteiger partial charge in [0.1, 0.15) is 0 Å². The highest BCUT2D eigenvalue weighted by molar-refractivity contribution is 5.76. The molecule has 0 aliphatic heterocycles. The molecule has 420 valence electrons. The molecule has 0 aromatic heterocycles. The van der Waals surface area contributed by atoms with Gasteiger partial charge in [-0.05, 0) is 44.9 Å². The number of carbonyl (C=O) groups is 2. The Morgan fingerprint density at radius 3 is 1.07 bits per heavy atom. The molecule has 0 saturated carbocycles. The molecule has 1 amide bonds. The second kappa shape index (κ2) is 60.9. The minimum Gasteiger partial charge on any atom is -0.465 e. The number of carbonyl (C=O) groups excluding carboxylic acids is 2. The van der Waals surface area contributed by atoms with Crippen molar-refractivity contribution in [3.63, 3.8) is 0 Å². The van der Waals surface area contributed by atoms with E-state index in [0.29, 0.717) is 25.9 Å². The van der Waals surface area contributed by atoms with Gasteiger partial charge in [0, 0.05) is 12.8 Å². The molecule has 0 radical (unpaired) electrons. The van der Waals surface area contributed by atoms with Crippen LogP contribution in [0.4, 0.5) is 0 Å². The average molecular weight is 1000 g/mol. The van der Waals surface area contributed by atoms with Crippen molar-refractivity contribution >= 4 is 11.9 Å². The summed E-state index contributed by atoms with van der Waals surface area (Å²) < 4.78 is 5.40. The summed E-state index contributed by atoms with van der Waals surface area (Å²) in [5.74, 6) is -0.0707. The molecule has 2 atom stereocenters. The van der Waals surface area contributed by atoms with Crippen LogP contribution in [-0.2, 0) is 14.3 Å². The number of aliphatic hydroxyl groups is 2. The van der Waals surface area contributed by atoms with E-state index in [9.17, 15) is 19.8 Å². The molecule has 0 rings (SSSR count). The maximum Gasteiger partial charge on any atom is 0.305 e. The van der Waals surface area contributed by atoms with Crippen molar-refractivity contribution in [2.24, 2.45) is 0 Å². The second-order valence-corrected chi connectivity index (χ2v) is 22.1. The molecule has 0 bridgehead atoms. The van der Waals surface area contributed by atoms with E-state index < -0.39 is 12.1 Å². The average Bonchev–Trinajstić information content (AvgIpc) is 3.37. The number of nitrogens with one attached hydrogen (secondary N) is 1. The van der Waals surface area contributed by atoms with E-state index in [1.165, 1.54) is 270 Å². The Morgan fingerprint density at radius 1 is 0.394 bits per heavy atom. The Morgan fingerprint density at radius 2 is 0.704 bits per heavy atom. The number of aliphatic hydroxyl groups excluding tert-OH is 2. The maximum absolute atomic E-state index is 12.5. The van der Waals surface area contributed by atoms with E-state index in [0.717, 1.165) is 51.4 Å². The molecule has 0 aromatic rings. The van der Waals surface area contributed by atoms with Crippen LogP contribution in [0.5, 0.6) is 0 Å². The first-order valence-corrected chi connectivity index (χ1v) is 32.1. The fourth-order valence-electron chi connectivity index (χ4n) is 10.1. The summed E-state index contributed by atoms with van der Waals surface area (Å²) in [6.07, 6.45) is 75.0. The van der Waals surface area contributed by atoms with E-state index in [2.05, 4.69) is 43.5 Å². The van der Waals surface area contributed by atoms with Crippen molar-refractivity contribution < 1.29 is 24.5 Å². The summed E-state index contributed by atoms with van der Waals surface area (Å²) in [6, 6.07) is -0.546. The lowest BCUT2D eigenvalue weighted by molar-refractivity contribution is -0.143. The molecule has 0 aliphatic carbocycles. The largest absolute Gasteiger partial charge is 0.465 e. The van der Waals surface area contributed by atoms with Crippen LogP contribution in [0.15, 0.2) is 24.3 Å². The maximum atomic E-state index is 12.5. The molecular formula is C65H125NO5. The first kappa shape index (κ1) is 69.3. The smallest absolute Gasteiger partial charge is 0.305 e. The van der Waals surface area contributed by atoms with Crippen LogP contribution >= 0.6 is 0 Å². The number of ether oxygens (including phenoxy) is 1. The normalized spacial score (nSPS) is 12.7. The number of allylic oxidation sites excluding steroid dienone is 3. The Hall–Kier alpha value is -1.66. The highest BCUT2D eigenvalue weighted by Crippen LogP contribution is 2.18. The first-order valence-electron chi connectivity index (χ1n) is 32.1. The fraction of sp³-hybridized carbons (Fsp3) is 0.908. The standard InChI is InChI=1S/C65H125NO5/c1-3-5-7-9-11-13-15-16-17-18-19-20-22-25-28-31-34-38-41-45-49-53-57-63(68)62(61-67)66-64(69)58-54-50-46-42-39-35-32-29-26-23-21-24-27-30-33-36-40-44-48-52-56-60-71-65(70)59-55-51-47-43-37-14-12-10-8-6-4-2/h36,40,48,52,62-63,67-68H,3-35,37-39,41-47,49-51,53-61H2,1-2H3,(H,66,69)/b40-36-,52-48-. The van der Waals surface area contributed by atoms with Crippen molar-refractivity contribution in [1.82, 2.24) is 5.32 Å². The van der Waals surface area contributed by atoms with Crippen LogP contribution in [-0.4, -0.2) is 47.4 Å². The minimum absolute atomic E-state index is 0.0349. The molecule has 0 fully saturated rings. The van der Waals surface area contributed by atoms with Crippen LogP contribution in [0.25, 0.3) is 0 Å². The summed E-state index contributed by atoms with van der Waals surface area (Å²) >= 11 is 0. The van der Waals surface area contributed by atoms with Gasteiger partial charge in [0.2, 0.25) is 5.91 Å². The number of esters is 1. The third-order valence-electron chi connectivity index (χ3n) is 15.0. The molecular weight excluding hydrogens is 875 g/mol. The third-order valence-corrected chi connectivity index (χ3v) is 15.0. The number of hydrogen-bond donors (Lipinski definition) is 3. The van der Waals surface area contributed by atoms with Crippen LogP contribution in [0.1, 0.15) is 354 Å². The zero-order valence-corrected chi connectivity index (χ0v) is 48.0. The third kappa shape index (κ3) is 57.5. The Kier molecular flexibility index (Phi) is 59.5. The topological polar surface area (TPSA) is 95.9 Å². The van der Waals surface area contributed by atoms with Gasteiger partial charge in [-0.3, -0.25) is 9.59 Å². The summed E-state index contributed by atoms with van der Waals surface area (Å²) in [5.41, 5.74) is 0. The van der Waals surface area contributed by atoms with Gasteiger partial charge in [-0.2, -0.15) is 0 Å². The second-order valence-electron chi connectivity index (χ2n) is 22.1. The van der Waals surface area contributed by atoms with Crippen LogP contribution in [0.3, 0.4) is 0 Å². The van der Waals surface area contributed by atoms with Crippen molar-refractivity contribution in [2.75, 3.05) is 13.2 Å². The Bertz CT molecular complexity index is 1110. The molecule has 2 unspecified atom stereocenters.